The minimum absolute atomic E-state index is 0.0290. The highest BCUT2D eigenvalue weighted by Crippen LogP contribution is 2.26. The number of hydrogen-bond acceptors (Lipinski definition) is 3. The Morgan fingerprint density at radius 3 is 2.47 bits per heavy atom. The smallest absolute Gasteiger partial charge is 0.471 e. The molecule has 0 unspecified atom stereocenters. The maximum atomic E-state index is 12.1. The van der Waals surface area contributed by atoms with Crippen LogP contribution in [0.4, 0.5) is 18.9 Å². The highest BCUT2D eigenvalue weighted by atomic mass is 19.4. The van der Waals surface area contributed by atoms with Crippen LogP contribution >= 0.6 is 0 Å². The maximum Gasteiger partial charge on any atom is 0.471 e. The Hall–Kier alpha value is -2.25. The highest BCUT2D eigenvalue weighted by Gasteiger charge is 2.39. The molecular weight excluding hydrogens is 265 g/mol. The van der Waals surface area contributed by atoms with E-state index < -0.39 is 18.0 Å². The summed E-state index contributed by atoms with van der Waals surface area (Å²) in [5.74, 6) is -2.67. The van der Waals surface area contributed by atoms with Crippen molar-refractivity contribution in [2.24, 2.45) is 5.73 Å². The molecule has 0 aliphatic heterocycles. The summed E-state index contributed by atoms with van der Waals surface area (Å²) in [4.78, 5) is 21.3. The predicted octanol–water partition coefficient (Wildman–Crippen LogP) is 1.44. The molecule has 0 saturated heterocycles. The average Bonchev–Trinajstić information content (AvgIpc) is 2.29. The molecule has 104 valence electrons. The number of ether oxygens (including phenoxy) is 1. The molecule has 1 aromatic rings. The van der Waals surface area contributed by atoms with E-state index in [1.807, 2.05) is 0 Å². The number of rotatable bonds is 5. The fraction of sp³-hybridized carbons (Fsp3) is 0.273. The van der Waals surface area contributed by atoms with Crippen LogP contribution in [0, 0.1) is 0 Å². The van der Waals surface area contributed by atoms with E-state index in [9.17, 15) is 22.8 Å². The number of benzene rings is 1. The van der Waals surface area contributed by atoms with Gasteiger partial charge in [0.2, 0.25) is 5.91 Å². The molecule has 1 rings (SSSR count). The quantitative estimate of drug-likeness (QED) is 0.853. The first-order chi connectivity index (χ1) is 8.80. The molecule has 0 saturated carbocycles. The van der Waals surface area contributed by atoms with Gasteiger partial charge in [-0.2, -0.15) is 13.2 Å². The van der Waals surface area contributed by atoms with Crippen molar-refractivity contribution in [2.45, 2.75) is 12.6 Å². The van der Waals surface area contributed by atoms with Gasteiger partial charge < -0.3 is 15.8 Å². The van der Waals surface area contributed by atoms with Crippen LogP contribution in [0.3, 0.4) is 0 Å². The third-order valence-corrected chi connectivity index (χ3v) is 2.00. The van der Waals surface area contributed by atoms with Crippen LogP contribution in [0.2, 0.25) is 0 Å². The number of alkyl halides is 3. The molecule has 0 bridgehead atoms. The van der Waals surface area contributed by atoms with Crippen molar-refractivity contribution >= 4 is 17.5 Å². The summed E-state index contributed by atoms with van der Waals surface area (Å²) in [6, 6.07) is 5.58. The van der Waals surface area contributed by atoms with Gasteiger partial charge in [0, 0.05) is 0 Å². The number of nitrogens with two attached hydrogens (primary N) is 1. The molecule has 2 amide bonds. The van der Waals surface area contributed by atoms with Crippen LogP contribution in [0.5, 0.6) is 5.75 Å². The van der Waals surface area contributed by atoms with E-state index in [0.717, 1.165) is 0 Å². The molecule has 3 N–H and O–H groups in total. The number of carbonyl (C=O) groups is 2. The lowest BCUT2D eigenvalue weighted by molar-refractivity contribution is -0.167. The molecule has 0 aliphatic rings. The van der Waals surface area contributed by atoms with Gasteiger partial charge in [-0.25, -0.2) is 0 Å². The maximum absolute atomic E-state index is 12.1. The second-order valence-corrected chi connectivity index (χ2v) is 3.51. The fourth-order valence-electron chi connectivity index (χ4n) is 1.15. The zero-order valence-corrected chi connectivity index (χ0v) is 9.66. The number of halogens is 3. The van der Waals surface area contributed by atoms with Crippen molar-refractivity contribution < 1.29 is 27.5 Å². The molecular formula is C11H11F3N2O3. The van der Waals surface area contributed by atoms with Crippen molar-refractivity contribution in [1.29, 1.82) is 0 Å². The van der Waals surface area contributed by atoms with Gasteiger partial charge >= 0.3 is 12.1 Å². The lowest BCUT2D eigenvalue weighted by Crippen LogP contribution is -2.30. The summed E-state index contributed by atoms with van der Waals surface area (Å²) in [7, 11) is 0. The van der Waals surface area contributed by atoms with Gasteiger partial charge in [0.15, 0.2) is 0 Å². The highest BCUT2D eigenvalue weighted by molar-refractivity contribution is 5.96. The lowest BCUT2D eigenvalue weighted by atomic mass is 10.3. The molecule has 0 aliphatic carbocycles. The SMILES string of the molecule is NC(=O)CCOc1ccccc1NC(=O)C(F)(F)F. The van der Waals surface area contributed by atoms with Crippen LogP contribution in [-0.4, -0.2) is 24.6 Å². The zero-order valence-electron chi connectivity index (χ0n) is 9.66. The molecule has 0 spiro atoms. The molecule has 19 heavy (non-hydrogen) atoms. The van der Waals surface area contributed by atoms with E-state index in [4.69, 9.17) is 10.5 Å². The van der Waals surface area contributed by atoms with Gasteiger partial charge in [0.05, 0.1) is 18.7 Å². The van der Waals surface area contributed by atoms with Crippen molar-refractivity contribution in [3.63, 3.8) is 0 Å². The molecule has 8 heteroatoms. The van der Waals surface area contributed by atoms with E-state index >= 15 is 0 Å². The van der Waals surface area contributed by atoms with Crippen molar-refractivity contribution in [3.8, 4) is 5.75 Å². The number of para-hydroxylation sites is 2. The molecule has 5 nitrogen and oxygen atoms in total. The minimum Gasteiger partial charge on any atom is -0.491 e. The summed E-state index contributed by atoms with van der Waals surface area (Å²) in [6.45, 7) is -0.0891. The van der Waals surface area contributed by atoms with Crippen LogP contribution in [0.1, 0.15) is 6.42 Å². The number of amides is 2. The third-order valence-electron chi connectivity index (χ3n) is 2.00. The topological polar surface area (TPSA) is 81.4 Å². The first-order valence-electron chi connectivity index (χ1n) is 5.19. The van der Waals surface area contributed by atoms with E-state index in [0.29, 0.717) is 0 Å². The minimum atomic E-state index is -4.99. The summed E-state index contributed by atoms with van der Waals surface area (Å²) < 4.78 is 41.4. The summed E-state index contributed by atoms with van der Waals surface area (Å²) in [6.07, 6.45) is -5.07. The van der Waals surface area contributed by atoms with Crippen molar-refractivity contribution in [3.05, 3.63) is 24.3 Å². The number of carbonyl (C=O) groups excluding carboxylic acids is 2. The Morgan fingerprint density at radius 1 is 1.26 bits per heavy atom. The number of nitrogens with one attached hydrogen (secondary N) is 1. The number of primary amides is 1. The van der Waals surface area contributed by atoms with Crippen LogP contribution < -0.4 is 15.8 Å². The predicted molar refractivity (Wildman–Crippen MR) is 60.4 cm³/mol. The Morgan fingerprint density at radius 2 is 1.89 bits per heavy atom. The fourth-order valence-corrected chi connectivity index (χ4v) is 1.15. The van der Waals surface area contributed by atoms with Gasteiger partial charge in [0.1, 0.15) is 5.75 Å². The van der Waals surface area contributed by atoms with E-state index in [2.05, 4.69) is 0 Å². The molecule has 0 aromatic heterocycles. The monoisotopic (exact) mass is 276 g/mol. The number of anilines is 1. The number of hydrogen-bond donors (Lipinski definition) is 2. The van der Waals surface area contributed by atoms with Gasteiger partial charge in [-0.15, -0.1) is 0 Å². The Labute approximate surface area is 106 Å². The normalized spacial score (nSPS) is 10.9. The van der Waals surface area contributed by atoms with Gasteiger partial charge in [-0.05, 0) is 12.1 Å². The second kappa shape index (κ2) is 6.07. The molecule has 0 atom stereocenters. The van der Waals surface area contributed by atoms with Crippen molar-refractivity contribution in [2.75, 3.05) is 11.9 Å². The van der Waals surface area contributed by atoms with Crippen LogP contribution in [0.25, 0.3) is 0 Å². The molecule has 1 aromatic carbocycles. The van der Waals surface area contributed by atoms with E-state index in [-0.39, 0.29) is 24.5 Å². The third kappa shape index (κ3) is 4.86. The second-order valence-electron chi connectivity index (χ2n) is 3.51. The van der Waals surface area contributed by atoms with Gasteiger partial charge in [-0.3, -0.25) is 9.59 Å². The largest absolute Gasteiger partial charge is 0.491 e. The van der Waals surface area contributed by atoms with Crippen LogP contribution in [-0.2, 0) is 9.59 Å². The first kappa shape index (κ1) is 14.8. The Balaban J connectivity index is 2.73. The zero-order chi connectivity index (χ0) is 14.5. The standard InChI is InChI=1S/C11H11F3N2O3/c12-11(13,14)10(18)16-7-3-1-2-4-8(7)19-6-5-9(15)17/h1-4H,5-6H2,(H2,15,17)(H,16,18). The molecule has 0 fully saturated rings. The van der Waals surface area contributed by atoms with Crippen molar-refractivity contribution in [1.82, 2.24) is 0 Å². The van der Waals surface area contributed by atoms with E-state index in [1.54, 1.807) is 5.32 Å². The average molecular weight is 276 g/mol. The Bertz CT molecular complexity index is 474. The molecule has 0 heterocycles. The van der Waals surface area contributed by atoms with Gasteiger partial charge in [-0.1, -0.05) is 12.1 Å². The first-order valence-corrected chi connectivity index (χ1v) is 5.19. The Kier molecular flexibility index (Phi) is 4.74. The van der Waals surface area contributed by atoms with Crippen LogP contribution in [0.15, 0.2) is 24.3 Å². The molecule has 0 radical (unpaired) electrons. The summed E-state index contributed by atoms with van der Waals surface area (Å²) in [5, 5.41) is 1.68. The summed E-state index contributed by atoms with van der Waals surface area (Å²) >= 11 is 0. The van der Waals surface area contributed by atoms with Gasteiger partial charge in [0.25, 0.3) is 0 Å². The summed E-state index contributed by atoms with van der Waals surface area (Å²) in [5.41, 5.74) is 4.76. The lowest BCUT2D eigenvalue weighted by Gasteiger charge is -2.12. The van der Waals surface area contributed by atoms with E-state index in [1.165, 1.54) is 24.3 Å².